The lowest BCUT2D eigenvalue weighted by atomic mass is 9.94. The quantitative estimate of drug-likeness (QED) is 0.713. The van der Waals surface area contributed by atoms with Crippen LogP contribution in [0.5, 0.6) is 5.75 Å². The number of hydrogen-bond acceptors (Lipinski definition) is 3. The van der Waals surface area contributed by atoms with Gasteiger partial charge in [-0.3, -0.25) is 9.78 Å². The minimum Gasteiger partial charge on any atom is -0.497 e. The van der Waals surface area contributed by atoms with Crippen molar-refractivity contribution >= 4 is 28.4 Å². The van der Waals surface area contributed by atoms with Crippen LogP contribution in [0.2, 0.25) is 5.02 Å². The number of aryl methyl sites for hydroxylation is 1. The molecule has 1 aliphatic rings. The number of aromatic nitrogens is 1. The van der Waals surface area contributed by atoms with E-state index in [2.05, 4.69) is 5.32 Å². The Labute approximate surface area is 163 Å². The van der Waals surface area contributed by atoms with Gasteiger partial charge in [-0.2, -0.15) is 0 Å². The Bertz CT molecular complexity index is 1020. The Balaban J connectivity index is 1.57. The molecule has 2 aromatic carbocycles. The van der Waals surface area contributed by atoms with Crippen LogP contribution in [0.15, 0.2) is 42.5 Å². The Kier molecular flexibility index (Phi) is 4.99. The van der Waals surface area contributed by atoms with Crippen molar-refractivity contribution in [2.45, 2.75) is 32.2 Å². The van der Waals surface area contributed by atoms with Crippen molar-refractivity contribution in [2.75, 3.05) is 7.11 Å². The van der Waals surface area contributed by atoms with E-state index in [0.29, 0.717) is 12.1 Å². The maximum atomic E-state index is 12.6. The van der Waals surface area contributed by atoms with E-state index in [4.69, 9.17) is 21.3 Å². The normalized spacial score (nSPS) is 13.3. The molecule has 3 aromatic rings. The third-order valence-corrected chi connectivity index (χ3v) is 5.47. The van der Waals surface area contributed by atoms with Crippen molar-refractivity contribution in [2.24, 2.45) is 0 Å². The number of nitrogens with zero attached hydrogens (tertiary/aromatic N) is 1. The summed E-state index contributed by atoms with van der Waals surface area (Å²) in [5.74, 6) is 0.645. The van der Waals surface area contributed by atoms with Gasteiger partial charge >= 0.3 is 0 Å². The molecule has 1 amide bonds. The maximum absolute atomic E-state index is 12.6. The van der Waals surface area contributed by atoms with E-state index < -0.39 is 0 Å². The number of methoxy groups -OCH3 is 1. The van der Waals surface area contributed by atoms with E-state index >= 15 is 0 Å². The summed E-state index contributed by atoms with van der Waals surface area (Å²) in [7, 11) is 1.63. The first-order chi connectivity index (χ1) is 13.2. The van der Waals surface area contributed by atoms with Gasteiger partial charge in [0.1, 0.15) is 5.75 Å². The van der Waals surface area contributed by atoms with Gasteiger partial charge in [-0.15, -0.1) is 0 Å². The van der Waals surface area contributed by atoms with Gasteiger partial charge in [-0.05, 0) is 61.1 Å². The van der Waals surface area contributed by atoms with Crippen LogP contribution in [0.1, 0.15) is 40.0 Å². The number of hydrogen-bond donors (Lipinski definition) is 1. The predicted octanol–water partition coefficient (Wildman–Crippen LogP) is 4.71. The highest BCUT2D eigenvalue weighted by atomic mass is 35.5. The number of amides is 1. The zero-order valence-electron chi connectivity index (χ0n) is 15.2. The van der Waals surface area contributed by atoms with E-state index in [-0.39, 0.29) is 5.91 Å². The number of pyridine rings is 1. The summed E-state index contributed by atoms with van der Waals surface area (Å²) in [5.41, 5.74) is 4.61. The largest absolute Gasteiger partial charge is 0.497 e. The summed E-state index contributed by atoms with van der Waals surface area (Å²) in [6.07, 6.45) is 4.24. The van der Waals surface area contributed by atoms with Crippen molar-refractivity contribution in [1.82, 2.24) is 10.3 Å². The number of benzene rings is 2. The van der Waals surface area contributed by atoms with Crippen LogP contribution < -0.4 is 10.1 Å². The third kappa shape index (κ3) is 3.62. The van der Waals surface area contributed by atoms with E-state index in [0.717, 1.165) is 58.6 Å². The van der Waals surface area contributed by atoms with Gasteiger partial charge < -0.3 is 10.1 Å². The van der Waals surface area contributed by atoms with Crippen LogP contribution >= 0.6 is 11.6 Å². The van der Waals surface area contributed by atoms with Gasteiger partial charge in [0.15, 0.2) is 0 Å². The highest BCUT2D eigenvalue weighted by Crippen LogP contribution is 2.33. The van der Waals surface area contributed by atoms with Crippen molar-refractivity contribution in [1.29, 1.82) is 0 Å². The van der Waals surface area contributed by atoms with Crippen molar-refractivity contribution in [3.8, 4) is 5.75 Å². The molecule has 1 aromatic heterocycles. The molecule has 0 atom stereocenters. The summed E-state index contributed by atoms with van der Waals surface area (Å²) < 4.78 is 5.22. The first-order valence-electron chi connectivity index (χ1n) is 9.18. The van der Waals surface area contributed by atoms with Crippen LogP contribution in [0.4, 0.5) is 0 Å². The summed E-state index contributed by atoms with van der Waals surface area (Å²) in [6.45, 7) is 0.437. The molecule has 4 rings (SSSR count). The summed E-state index contributed by atoms with van der Waals surface area (Å²) >= 11 is 6.61. The molecule has 0 saturated heterocycles. The lowest BCUT2D eigenvalue weighted by Crippen LogP contribution is -2.22. The zero-order valence-corrected chi connectivity index (χ0v) is 16.0. The monoisotopic (exact) mass is 380 g/mol. The lowest BCUT2D eigenvalue weighted by Gasteiger charge is -2.18. The average Bonchev–Trinajstić information content (AvgIpc) is 2.72. The van der Waals surface area contributed by atoms with Crippen molar-refractivity contribution < 1.29 is 9.53 Å². The van der Waals surface area contributed by atoms with Crippen LogP contribution in [0, 0.1) is 0 Å². The van der Waals surface area contributed by atoms with Crippen LogP contribution in [-0.4, -0.2) is 18.0 Å². The van der Waals surface area contributed by atoms with Gasteiger partial charge in [-0.1, -0.05) is 29.8 Å². The molecule has 1 N–H and O–H groups in total. The zero-order chi connectivity index (χ0) is 18.8. The van der Waals surface area contributed by atoms with Crippen LogP contribution in [0.3, 0.4) is 0 Å². The molecule has 0 radical (unpaired) electrons. The minimum atomic E-state index is -0.129. The lowest BCUT2D eigenvalue weighted by molar-refractivity contribution is 0.0951. The summed E-state index contributed by atoms with van der Waals surface area (Å²) in [4.78, 5) is 17.4. The molecule has 0 fully saturated rings. The van der Waals surface area contributed by atoms with E-state index in [1.807, 2.05) is 42.5 Å². The summed E-state index contributed by atoms with van der Waals surface area (Å²) in [6, 6.07) is 13.2. The smallest absolute Gasteiger partial charge is 0.251 e. The van der Waals surface area contributed by atoms with Gasteiger partial charge in [0.2, 0.25) is 0 Å². The first-order valence-corrected chi connectivity index (χ1v) is 9.55. The second-order valence-corrected chi connectivity index (χ2v) is 7.20. The number of halogens is 1. The Morgan fingerprint density at radius 2 is 2.04 bits per heavy atom. The maximum Gasteiger partial charge on any atom is 0.251 e. The molecule has 0 saturated carbocycles. The van der Waals surface area contributed by atoms with Gasteiger partial charge in [0.25, 0.3) is 5.91 Å². The summed E-state index contributed by atoms with van der Waals surface area (Å²) in [5, 5.41) is 4.66. The van der Waals surface area contributed by atoms with Gasteiger partial charge in [0, 0.05) is 23.2 Å². The molecule has 27 heavy (non-hydrogen) atoms. The van der Waals surface area contributed by atoms with Gasteiger partial charge in [0.05, 0.1) is 17.6 Å². The fraction of sp³-hybridized carbons (Fsp3) is 0.273. The predicted molar refractivity (Wildman–Crippen MR) is 108 cm³/mol. The second-order valence-electron chi connectivity index (χ2n) is 6.82. The Hall–Kier alpha value is -2.59. The standard InChI is InChI=1S/C22H21ClN2O2/c1-27-16-6-4-5-14(11-16)13-24-22(26)15-9-10-18-20(12-15)25-19-8-3-2-7-17(19)21(18)23/h4-6,9-12H,2-3,7-8,13H2,1H3,(H,24,26). The number of carbonyl (C=O) groups is 1. The van der Waals surface area contributed by atoms with Crippen LogP contribution in [-0.2, 0) is 19.4 Å². The molecule has 0 spiro atoms. The van der Waals surface area contributed by atoms with E-state index in [1.54, 1.807) is 7.11 Å². The topological polar surface area (TPSA) is 51.2 Å². The minimum absolute atomic E-state index is 0.129. The number of nitrogens with one attached hydrogen (secondary N) is 1. The molecule has 1 aliphatic carbocycles. The van der Waals surface area contributed by atoms with E-state index in [9.17, 15) is 4.79 Å². The molecule has 1 heterocycles. The number of fused-ring (bicyclic) bond motifs is 2. The second kappa shape index (κ2) is 7.57. The molecule has 0 unspecified atom stereocenters. The molecule has 138 valence electrons. The SMILES string of the molecule is COc1cccc(CNC(=O)c2ccc3c(Cl)c4c(nc3c2)CCCC4)c1. The fourth-order valence-corrected chi connectivity index (χ4v) is 3.94. The average molecular weight is 381 g/mol. The molecule has 0 bridgehead atoms. The molecule has 0 aliphatic heterocycles. The van der Waals surface area contributed by atoms with Crippen molar-refractivity contribution in [3.63, 3.8) is 0 Å². The highest BCUT2D eigenvalue weighted by Gasteiger charge is 2.18. The Morgan fingerprint density at radius 1 is 1.19 bits per heavy atom. The molecular weight excluding hydrogens is 360 g/mol. The fourth-order valence-electron chi connectivity index (χ4n) is 3.57. The number of rotatable bonds is 4. The number of ether oxygens (including phenoxy) is 1. The highest BCUT2D eigenvalue weighted by molar-refractivity contribution is 6.36. The molecule has 5 heteroatoms. The van der Waals surface area contributed by atoms with Crippen LogP contribution in [0.25, 0.3) is 10.9 Å². The molecular formula is C22H21ClN2O2. The van der Waals surface area contributed by atoms with Gasteiger partial charge in [-0.25, -0.2) is 0 Å². The molecule has 4 nitrogen and oxygen atoms in total. The van der Waals surface area contributed by atoms with Crippen molar-refractivity contribution in [3.05, 3.63) is 69.9 Å². The van der Waals surface area contributed by atoms with E-state index in [1.165, 1.54) is 5.56 Å². The first kappa shape index (κ1) is 17.8. The number of carbonyl (C=O) groups excluding carboxylic acids is 1. The Morgan fingerprint density at radius 3 is 2.89 bits per heavy atom. The third-order valence-electron chi connectivity index (χ3n) is 5.04.